The molecule has 126 valence electrons. The largest absolute Gasteiger partial charge is 0.337 e. The zero-order chi connectivity index (χ0) is 17.1. The molecule has 6 heteroatoms. The van der Waals surface area contributed by atoms with Gasteiger partial charge in [-0.1, -0.05) is 13.0 Å². The van der Waals surface area contributed by atoms with Crippen molar-refractivity contribution in [1.82, 2.24) is 14.5 Å². The van der Waals surface area contributed by atoms with E-state index in [1.165, 1.54) is 0 Å². The molecule has 3 rings (SSSR count). The van der Waals surface area contributed by atoms with Crippen molar-refractivity contribution in [1.29, 1.82) is 0 Å². The number of hydrogen-bond acceptors (Lipinski definition) is 3. The van der Waals surface area contributed by atoms with E-state index in [1.807, 2.05) is 22.7 Å². The Bertz CT molecular complexity index is 749. The second-order valence-corrected chi connectivity index (χ2v) is 6.10. The van der Waals surface area contributed by atoms with E-state index in [-0.39, 0.29) is 17.9 Å². The molecule has 0 saturated heterocycles. The van der Waals surface area contributed by atoms with Gasteiger partial charge in [0.15, 0.2) is 0 Å². The lowest BCUT2D eigenvalue weighted by molar-refractivity contribution is -0.115. The van der Waals surface area contributed by atoms with E-state index in [4.69, 9.17) is 0 Å². The van der Waals surface area contributed by atoms with Crippen LogP contribution in [-0.4, -0.2) is 32.3 Å². The van der Waals surface area contributed by atoms with E-state index in [2.05, 4.69) is 10.3 Å². The van der Waals surface area contributed by atoms with Gasteiger partial charge in [0.1, 0.15) is 5.82 Å². The number of hydrogen-bond donors (Lipinski definition) is 1. The number of imidazole rings is 1. The van der Waals surface area contributed by atoms with Crippen molar-refractivity contribution in [3.05, 3.63) is 48.0 Å². The first-order valence-corrected chi connectivity index (χ1v) is 8.25. The summed E-state index contributed by atoms with van der Waals surface area (Å²) in [5, 5.41) is 2.80. The maximum Gasteiger partial charge on any atom is 0.254 e. The third-order valence-corrected chi connectivity index (χ3v) is 4.20. The average molecular weight is 326 g/mol. The van der Waals surface area contributed by atoms with E-state index in [0.29, 0.717) is 24.2 Å². The zero-order valence-electron chi connectivity index (χ0n) is 14.0. The second kappa shape index (κ2) is 6.86. The number of carbonyl (C=O) groups excluding carboxylic acids is 2. The van der Waals surface area contributed by atoms with Crippen LogP contribution in [0.5, 0.6) is 0 Å². The summed E-state index contributed by atoms with van der Waals surface area (Å²) in [7, 11) is 1.93. The highest BCUT2D eigenvalue weighted by Crippen LogP contribution is 2.30. The van der Waals surface area contributed by atoms with Gasteiger partial charge in [0, 0.05) is 43.2 Å². The molecule has 0 unspecified atom stereocenters. The molecular weight excluding hydrogens is 304 g/mol. The van der Waals surface area contributed by atoms with Gasteiger partial charge < -0.3 is 14.8 Å². The summed E-state index contributed by atoms with van der Waals surface area (Å²) < 4.78 is 1.93. The van der Waals surface area contributed by atoms with Crippen LogP contribution in [0.4, 0.5) is 5.69 Å². The normalized spacial score (nSPS) is 13.6. The minimum absolute atomic E-state index is 0.0203. The first kappa shape index (κ1) is 16.2. The monoisotopic (exact) mass is 326 g/mol. The first-order valence-electron chi connectivity index (χ1n) is 8.25. The topological polar surface area (TPSA) is 67.2 Å². The summed E-state index contributed by atoms with van der Waals surface area (Å²) in [6.45, 7) is 2.30. The summed E-state index contributed by atoms with van der Waals surface area (Å²) >= 11 is 0. The first-order chi connectivity index (χ1) is 11.6. The molecule has 2 amide bonds. The Morgan fingerprint density at radius 1 is 1.38 bits per heavy atom. The number of carbonyl (C=O) groups is 2. The highest BCUT2D eigenvalue weighted by Gasteiger charge is 2.33. The fourth-order valence-corrected chi connectivity index (χ4v) is 2.60. The van der Waals surface area contributed by atoms with Gasteiger partial charge >= 0.3 is 0 Å². The molecule has 1 aliphatic carbocycles. The van der Waals surface area contributed by atoms with Gasteiger partial charge in [0.25, 0.3) is 5.91 Å². The van der Waals surface area contributed by atoms with Crippen LogP contribution in [0.3, 0.4) is 0 Å². The molecule has 0 bridgehead atoms. The number of anilines is 1. The molecule has 0 spiro atoms. The lowest BCUT2D eigenvalue weighted by Crippen LogP contribution is -2.33. The van der Waals surface area contributed by atoms with Crippen molar-refractivity contribution in [3.8, 4) is 0 Å². The quantitative estimate of drug-likeness (QED) is 0.887. The Balaban J connectivity index is 1.79. The van der Waals surface area contributed by atoms with Crippen LogP contribution < -0.4 is 5.32 Å². The van der Waals surface area contributed by atoms with Gasteiger partial charge in [-0.2, -0.15) is 0 Å². The second-order valence-electron chi connectivity index (χ2n) is 6.10. The summed E-state index contributed by atoms with van der Waals surface area (Å²) in [6, 6.07) is 7.40. The maximum absolute atomic E-state index is 12.9. The van der Waals surface area contributed by atoms with Gasteiger partial charge in [-0.05, 0) is 31.0 Å². The van der Waals surface area contributed by atoms with Crippen molar-refractivity contribution in [3.63, 3.8) is 0 Å². The van der Waals surface area contributed by atoms with Gasteiger partial charge in [-0.3, -0.25) is 9.59 Å². The molecule has 1 aliphatic rings. The highest BCUT2D eigenvalue weighted by molar-refractivity contribution is 5.97. The number of amides is 2. The lowest BCUT2D eigenvalue weighted by Gasteiger charge is -2.22. The van der Waals surface area contributed by atoms with Crippen molar-refractivity contribution >= 4 is 17.5 Å². The predicted molar refractivity (Wildman–Crippen MR) is 91.5 cm³/mol. The molecule has 1 heterocycles. The number of nitrogens with one attached hydrogen (secondary N) is 1. The van der Waals surface area contributed by atoms with Gasteiger partial charge in [-0.25, -0.2) is 4.98 Å². The van der Waals surface area contributed by atoms with Crippen LogP contribution in [0.2, 0.25) is 0 Å². The molecule has 24 heavy (non-hydrogen) atoms. The molecule has 0 aliphatic heterocycles. The predicted octanol–water partition coefficient (Wildman–Crippen LogP) is 2.57. The van der Waals surface area contributed by atoms with Crippen LogP contribution in [-0.2, 0) is 18.4 Å². The van der Waals surface area contributed by atoms with Crippen LogP contribution in [0.1, 0.15) is 42.4 Å². The Hall–Kier alpha value is -2.63. The van der Waals surface area contributed by atoms with Crippen LogP contribution in [0.15, 0.2) is 36.7 Å². The molecule has 1 aromatic heterocycles. The molecular formula is C18H22N4O2. The van der Waals surface area contributed by atoms with Crippen LogP contribution in [0, 0.1) is 0 Å². The molecule has 6 nitrogen and oxygen atoms in total. The average Bonchev–Trinajstić information content (AvgIpc) is 3.35. The fourth-order valence-electron chi connectivity index (χ4n) is 2.60. The standard InChI is InChI=1S/C18H22N4O2/c1-3-17(23)20-14-6-4-5-13(11-14)18(24)22(15-7-8-15)12-16-19-9-10-21(16)2/h4-6,9-11,15H,3,7-8,12H2,1-2H3,(H,20,23). The van der Waals surface area contributed by atoms with Crippen LogP contribution in [0.25, 0.3) is 0 Å². The molecule has 1 saturated carbocycles. The van der Waals surface area contributed by atoms with Gasteiger partial charge in [0.05, 0.1) is 6.54 Å². The summed E-state index contributed by atoms with van der Waals surface area (Å²) in [6.07, 6.45) is 6.09. The van der Waals surface area contributed by atoms with Crippen molar-refractivity contribution in [2.24, 2.45) is 7.05 Å². The molecule has 1 aromatic carbocycles. The maximum atomic E-state index is 12.9. The number of benzene rings is 1. The molecule has 0 radical (unpaired) electrons. The SMILES string of the molecule is CCC(=O)Nc1cccc(C(=O)N(Cc2nccn2C)C2CC2)c1. The molecule has 0 atom stereocenters. The number of rotatable bonds is 6. The minimum Gasteiger partial charge on any atom is -0.337 e. The Morgan fingerprint density at radius 2 is 2.17 bits per heavy atom. The van der Waals surface area contributed by atoms with E-state index in [9.17, 15) is 9.59 Å². The van der Waals surface area contributed by atoms with Gasteiger partial charge in [-0.15, -0.1) is 0 Å². The third kappa shape index (κ3) is 3.64. The smallest absolute Gasteiger partial charge is 0.254 e. The molecule has 1 fully saturated rings. The Kier molecular flexibility index (Phi) is 4.64. The minimum atomic E-state index is -0.0633. The Morgan fingerprint density at radius 3 is 2.79 bits per heavy atom. The number of nitrogens with zero attached hydrogens (tertiary/aromatic N) is 3. The van der Waals surface area contributed by atoms with Gasteiger partial charge in [0.2, 0.25) is 5.91 Å². The summed E-state index contributed by atoms with van der Waals surface area (Å²) in [5.74, 6) is 0.783. The fraction of sp³-hybridized carbons (Fsp3) is 0.389. The van der Waals surface area contributed by atoms with E-state index in [0.717, 1.165) is 18.7 Å². The number of aryl methyl sites for hydroxylation is 1. The number of aromatic nitrogens is 2. The third-order valence-electron chi connectivity index (χ3n) is 4.20. The van der Waals surface area contributed by atoms with Crippen molar-refractivity contribution in [2.75, 3.05) is 5.32 Å². The summed E-state index contributed by atoms with van der Waals surface area (Å²) in [4.78, 5) is 30.7. The van der Waals surface area contributed by atoms with Crippen LogP contribution >= 0.6 is 0 Å². The van der Waals surface area contributed by atoms with E-state index in [1.54, 1.807) is 37.4 Å². The van der Waals surface area contributed by atoms with E-state index >= 15 is 0 Å². The van der Waals surface area contributed by atoms with Crippen molar-refractivity contribution < 1.29 is 9.59 Å². The lowest BCUT2D eigenvalue weighted by atomic mass is 10.1. The molecule has 2 aromatic rings. The highest BCUT2D eigenvalue weighted by atomic mass is 16.2. The van der Waals surface area contributed by atoms with Crippen molar-refractivity contribution in [2.45, 2.75) is 38.8 Å². The zero-order valence-corrected chi connectivity index (χ0v) is 14.0. The molecule has 1 N–H and O–H groups in total. The van der Waals surface area contributed by atoms with E-state index < -0.39 is 0 Å². The summed E-state index contributed by atoms with van der Waals surface area (Å²) in [5.41, 5.74) is 1.24. The Labute approximate surface area is 141 Å².